The van der Waals surface area contributed by atoms with Crippen molar-refractivity contribution in [1.82, 2.24) is 0 Å². The molecule has 2 atom stereocenters. The van der Waals surface area contributed by atoms with Crippen LogP contribution in [0.3, 0.4) is 0 Å². The molecule has 0 aliphatic carbocycles. The Morgan fingerprint density at radius 1 is 0.875 bits per heavy atom. The van der Waals surface area contributed by atoms with Gasteiger partial charge in [0.25, 0.3) is 0 Å². The van der Waals surface area contributed by atoms with Crippen LogP contribution in [0.2, 0.25) is 0 Å². The van der Waals surface area contributed by atoms with Crippen molar-refractivity contribution in [1.29, 1.82) is 0 Å². The van der Waals surface area contributed by atoms with Gasteiger partial charge in [-0.2, -0.15) is 0 Å². The van der Waals surface area contributed by atoms with Gasteiger partial charge in [0, 0.05) is 44.4 Å². The number of rotatable bonds is 11. The maximum atomic E-state index is 12.1. The molecule has 0 bridgehead atoms. The van der Waals surface area contributed by atoms with Crippen LogP contribution in [-0.2, 0) is 19.2 Å². The Hall–Kier alpha value is -5.58. The van der Waals surface area contributed by atoms with Crippen LogP contribution in [0, 0.1) is 11.8 Å². The van der Waals surface area contributed by atoms with E-state index in [0.717, 1.165) is 6.08 Å². The van der Waals surface area contributed by atoms with E-state index in [1.165, 1.54) is 6.08 Å². The molecule has 2 unspecified atom stereocenters. The average Bonchev–Trinajstić information content (AvgIpc) is 2.94. The summed E-state index contributed by atoms with van der Waals surface area (Å²) in [5.41, 5.74) is 28.5. The van der Waals surface area contributed by atoms with Crippen molar-refractivity contribution in [3.63, 3.8) is 0 Å². The van der Waals surface area contributed by atoms with Crippen molar-refractivity contribution in [2.75, 3.05) is 10.6 Å². The first-order valence-electron chi connectivity index (χ1n) is 11.8. The van der Waals surface area contributed by atoms with Crippen molar-refractivity contribution in [2.45, 2.75) is 26.7 Å². The highest BCUT2D eigenvalue weighted by molar-refractivity contribution is 5.98. The van der Waals surface area contributed by atoms with E-state index in [9.17, 15) is 19.2 Å². The Morgan fingerprint density at radius 2 is 1.30 bits per heavy atom. The highest BCUT2D eigenvalue weighted by atomic mass is 16.2. The van der Waals surface area contributed by atoms with E-state index < -0.39 is 5.91 Å². The maximum Gasteiger partial charge on any atom is 0.247 e. The third kappa shape index (κ3) is 14.9. The van der Waals surface area contributed by atoms with Crippen LogP contribution in [-0.4, -0.2) is 23.6 Å². The highest BCUT2D eigenvalue weighted by Gasteiger charge is 2.21. The number of nitrogens with zero attached hydrogens (tertiary/aromatic N) is 6. The second-order valence-corrected chi connectivity index (χ2v) is 7.91. The van der Waals surface area contributed by atoms with Gasteiger partial charge in [0.05, 0.1) is 0 Å². The number of hydrogen-bond donors (Lipinski definition) is 4. The van der Waals surface area contributed by atoms with Gasteiger partial charge in [-0.15, -0.1) is 0 Å². The normalized spacial score (nSPS) is 10.6. The summed E-state index contributed by atoms with van der Waals surface area (Å²) in [7, 11) is 0. The third-order valence-electron chi connectivity index (χ3n) is 4.96. The summed E-state index contributed by atoms with van der Waals surface area (Å²) in [6.07, 6.45) is 3.28. The van der Waals surface area contributed by atoms with Crippen molar-refractivity contribution >= 4 is 46.4 Å². The Labute approximate surface area is 231 Å². The van der Waals surface area contributed by atoms with E-state index >= 15 is 0 Å². The molecular weight excluding hydrogens is 516 g/mol. The fourth-order valence-electron chi connectivity index (χ4n) is 2.80. The van der Waals surface area contributed by atoms with Crippen LogP contribution in [0.4, 0.5) is 22.7 Å². The standard InChI is InChI=1S/C14H19N5O2.C9H8N4O.C3H5NO/c1-3-10(13(15)20)8-9(2)14(21)17-11-4-6-12(7-5-11)18-19-16;1-2-9(14)11-7-3-5-8(6-4-7)12-13-10;1-2-3(4)5/h4-7,9-10H,3,8H2,1-2H3,(H2,15,20)(H,17,21);2-6H,1H2,(H,11,14);2H,1H2,(H2,4,5). The van der Waals surface area contributed by atoms with Gasteiger partial charge in [0.15, 0.2) is 0 Å². The third-order valence-corrected chi connectivity index (χ3v) is 4.96. The summed E-state index contributed by atoms with van der Waals surface area (Å²) in [4.78, 5) is 48.9. The van der Waals surface area contributed by atoms with Crippen molar-refractivity contribution in [3.05, 3.63) is 94.7 Å². The fourth-order valence-corrected chi connectivity index (χ4v) is 2.80. The van der Waals surface area contributed by atoms with Gasteiger partial charge >= 0.3 is 0 Å². The molecule has 0 fully saturated rings. The lowest BCUT2D eigenvalue weighted by Gasteiger charge is -2.16. The van der Waals surface area contributed by atoms with Crippen molar-refractivity contribution in [3.8, 4) is 0 Å². The molecule has 0 aliphatic rings. The molecule has 14 heteroatoms. The zero-order valence-electron chi connectivity index (χ0n) is 22.2. The van der Waals surface area contributed by atoms with Gasteiger partial charge in [-0.25, -0.2) is 0 Å². The number of carbonyl (C=O) groups is 4. The van der Waals surface area contributed by atoms with Gasteiger partial charge in [0.2, 0.25) is 23.6 Å². The van der Waals surface area contributed by atoms with E-state index in [1.54, 1.807) is 55.5 Å². The molecule has 2 aromatic rings. The lowest BCUT2D eigenvalue weighted by Crippen LogP contribution is -2.29. The molecule has 0 saturated carbocycles. The van der Waals surface area contributed by atoms with Crippen molar-refractivity contribution < 1.29 is 19.2 Å². The Balaban J connectivity index is 0.000000686. The number of hydrogen-bond acceptors (Lipinski definition) is 6. The van der Waals surface area contributed by atoms with Crippen LogP contribution in [0.1, 0.15) is 26.7 Å². The molecule has 40 heavy (non-hydrogen) atoms. The SMILES string of the molecule is C=CC(=O)Nc1ccc(N=[N+]=[N-])cc1.C=CC(N)=O.CCC(CC(C)C(=O)Nc1ccc(N=[N+]=[N-])cc1)C(N)=O. The van der Waals surface area contributed by atoms with Crippen LogP contribution in [0.25, 0.3) is 20.9 Å². The molecule has 0 spiro atoms. The molecule has 6 N–H and O–H groups in total. The number of nitrogens with one attached hydrogen (secondary N) is 2. The second kappa shape index (κ2) is 19.5. The van der Waals surface area contributed by atoms with Crippen LogP contribution in [0.5, 0.6) is 0 Å². The first kappa shape index (κ1) is 34.4. The van der Waals surface area contributed by atoms with Gasteiger partial charge in [0.1, 0.15) is 0 Å². The molecule has 0 radical (unpaired) electrons. The summed E-state index contributed by atoms with van der Waals surface area (Å²) in [5.74, 6) is -1.93. The molecule has 14 nitrogen and oxygen atoms in total. The number of amides is 4. The number of nitrogens with two attached hydrogens (primary N) is 2. The lowest BCUT2D eigenvalue weighted by atomic mass is 9.92. The lowest BCUT2D eigenvalue weighted by molar-refractivity contribution is -0.124. The van der Waals surface area contributed by atoms with Gasteiger partial charge in [-0.3, -0.25) is 19.2 Å². The molecule has 2 aromatic carbocycles. The van der Waals surface area contributed by atoms with E-state index in [2.05, 4.69) is 49.6 Å². The Bertz CT molecular complexity index is 1260. The Kier molecular flexibility index (Phi) is 16.8. The fraction of sp³-hybridized carbons (Fsp3) is 0.231. The van der Waals surface area contributed by atoms with E-state index in [1.807, 2.05) is 6.92 Å². The molecule has 2 rings (SSSR count). The summed E-state index contributed by atoms with van der Waals surface area (Å²) >= 11 is 0. The van der Waals surface area contributed by atoms with E-state index in [-0.39, 0.29) is 29.6 Å². The predicted octanol–water partition coefficient (Wildman–Crippen LogP) is 5.52. The molecule has 0 saturated heterocycles. The topological polar surface area (TPSA) is 242 Å². The average molecular weight is 549 g/mol. The number of carbonyl (C=O) groups excluding carboxylic acids is 4. The number of benzene rings is 2. The van der Waals surface area contributed by atoms with Gasteiger partial charge < -0.3 is 22.1 Å². The predicted molar refractivity (Wildman–Crippen MR) is 154 cm³/mol. The van der Waals surface area contributed by atoms with Gasteiger partial charge in [-0.1, -0.05) is 61.5 Å². The minimum atomic E-state index is -0.481. The number of anilines is 2. The van der Waals surface area contributed by atoms with Crippen molar-refractivity contribution in [2.24, 2.45) is 33.5 Å². The molecule has 4 amide bonds. The maximum absolute atomic E-state index is 12.1. The van der Waals surface area contributed by atoms with Crippen LogP contribution in [0.15, 0.2) is 84.1 Å². The minimum absolute atomic E-state index is 0.175. The molecular formula is C26H32N10O4. The minimum Gasteiger partial charge on any atom is -0.369 e. The Morgan fingerprint density at radius 3 is 1.62 bits per heavy atom. The smallest absolute Gasteiger partial charge is 0.247 e. The monoisotopic (exact) mass is 548 g/mol. The summed E-state index contributed by atoms with van der Waals surface area (Å²) in [6, 6.07) is 13.0. The highest BCUT2D eigenvalue weighted by Crippen LogP contribution is 2.20. The van der Waals surface area contributed by atoms with Crippen LogP contribution >= 0.6 is 0 Å². The van der Waals surface area contributed by atoms with E-state index in [4.69, 9.17) is 16.8 Å². The number of primary amides is 2. The molecule has 0 aromatic heterocycles. The largest absolute Gasteiger partial charge is 0.369 e. The molecule has 0 heterocycles. The molecule has 210 valence electrons. The van der Waals surface area contributed by atoms with Crippen LogP contribution < -0.4 is 22.1 Å². The number of azide groups is 2. The summed E-state index contributed by atoms with van der Waals surface area (Å²) < 4.78 is 0. The zero-order valence-corrected chi connectivity index (χ0v) is 22.2. The van der Waals surface area contributed by atoms with E-state index in [0.29, 0.717) is 35.6 Å². The second-order valence-electron chi connectivity index (χ2n) is 7.91. The summed E-state index contributed by atoms with van der Waals surface area (Å²) in [5, 5.41) is 12.2. The quantitative estimate of drug-likeness (QED) is 0.123. The van der Waals surface area contributed by atoms with Gasteiger partial charge in [-0.05, 0) is 60.3 Å². The first-order valence-corrected chi connectivity index (χ1v) is 11.8. The summed E-state index contributed by atoms with van der Waals surface area (Å²) in [6.45, 7) is 10.0. The molecule has 0 aliphatic heterocycles. The zero-order chi connectivity index (χ0) is 30.5. The first-order chi connectivity index (χ1) is 19.0.